The first-order chi connectivity index (χ1) is 10.2. The fourth-order valence-electron chi connectivity index (χ4n) is 2.38. The van der Waals surface area contributed by atoms with E-state index in [0.29, 0.717) is 0 Å². The van der Waals surface area contributed by atoms with Gasteiger partial charge in [-0.3, -0.25) is 0 Å². The molecule has 0 N–H and O–H groups in total. The van der Waals surface area contributed by atoms with Gasteiger partial charge in [0, 0.05) is 24.4 Å². The molecule has 3 aromatic rings. The van der Waals surface area contributed by atoms with Gasteiger partial charge in [0.25, 0.3) is 0 Å². The van der Waals surface area contributed by atoms with Gasteiger partial charge in [-0.1, -0.05) is 0 Å². The smallest absolute Gasteiger partial charge is 0.127 e. The van der Waals surface area contributed by atoms with Crippen LogP contribution in [0.3, 0.4) is 0 Å². The predicted molar refractivity (Wildman–Crippen MR) is 86.4 cm³/mol. The molecule has 2 heterocycles. The minimum Gasteiger partial charge on any atom is -0.497 e. The van der Waals surface area contributed by atoms with Crippen LogP contribution in [0.1, 0.15) is 23.8 Å². The Kier molecular flexibility index (Phi) is 4.12. The highest BCUT2D eigenvalue weighted by atomic mass is 35.5. The standard InChI is InChI=1S/C15H16ClN3OS/c1-10(16)15-18-13-7-12(20-2)3-4-14(13)19(15)6-5-11-8-21-9-17-11/h3-4,7-10H,5-6H2,1-2H3. The van der Waals surface area contributed by atoms with Crippen molar-refractivity contribution in [1.29, 1.82) is 0 Å². The lowest BCUT2D eigenvalue weighted by Crippen LogP contribution is -2.07. The number of thiazole rings is 1. The van der Waals surface area contributed by atoms with Crippen LogP contribution in [0.15, 0.2) is 29.1 Å². The van der Waals surface area contributed by atoms with Gasteiger partial charge < -0.3 is 9.30 Å². The highest BCUT2D eigenvalue weighted by Crippen LogP contribution is 2.27. The Morgan fingerprint density at radius 2 is 2.29 bits per heavy atom. The molecule has 21 heavy (non-hydrogen) atoms. The largest absolute Gasteiger partial charge is 0.497 e. The van der Waals surface area contributed by atoms with E-state index < -0.39 is 0 Å². The normalized spacial score (nSPS) is 12.7. The topological polar surface area (TPSA) is 39.9 Å². The number of ether oxygens (including phenoxy) is 1. The van der Waals surface area contributed by atoms with Crippen LogP contribution < -0.4 is 4.74 Å². The summed E-state index contributed by atoms with van der Waals surface area (Å²) in [4.78, 5) is 8.98. The van der Waals surface area contributed by atoms with Crippen molar-refractivity contribution >= 4 is 34.0 Å². The molecule has 3 rings (SSSR count). The Morgan fingerprint density at radius 3 is 2.95 bits per heavy atom. The number of hydrogen-bond acceptors (Lipinski definition) is 4. The van der Waals surface area contributed by atoms with Crippen LogP contribution in [0, 0.1) is 0 Å². The number of rotatable bonds is 5. The van der Waals surface area contributed by atoms with Crippen molar-refractivity contribution < 1.29 is 4.74 Å². The average molecular weight is 322 g/mol. The highest BCUT2D eigenvalue weighted by Gasteiger charge is 2.15. The van der Waals surface area contributed by atoms with Crippen LogP contribution in [-0.2, 0) is 13.0 Å². The van der Waals surface area contributed by atoms with Crippen molar-refractivity contribution in [2.45, 2.75) is 25.3 Å². The molecule has 1 aromatic carbocycles. The zero-order valence-electron chi connectivity index (χ0n) is 11.9. The van der Waals surface area contributed by atoms with E-state index >= 15 is 0 Å². The first-order valence-corrected chi connectivity index (χ1v) is 8.12. The number of fused-ring (bicyclic) bond motifs is 1. The minimum atomic E-state index is -0.140. The van der Waals surface area contributed by atoms with Crippen molar-refractivity contribution in [1.82, 2.24) is 14.5 Å². The third-order valence-corrected chi connectivity index (χ3v) is 4.25. The number of halogens is 1. The molecule has 1 atom stereocenters. The molecule has 0 radical (unpaired) electrons. The third-order valence-electron chi connectivity index (χ3n) is 3.42. The number of hydrogen-bond donors (Lipinski definition) is 0. The highest BCUT2D eigenvalue weighted by molar-refractivity contribution is 7.07. The molecular weight excluding hydrogens is 306 g/mol. The zero-order valence-corrected chi connectivity index (χ0v) is 13.5. The maximum absolute atomic E-state index is 6.29. The van der Waals surface area contributed by atoms with Crippen molar-refractivity contribution in [3.05, 3.63) is 40.6 Å². The summed E-state index contributed by atoms with van der Waals surface area (Å²) in [7, 11) is 1.66. The summed E-state index contributed by atoms with van der Waals surface area (Å²) in [6.07, 6.45) is 0.873. The second-order valence-corrected chi connectivity index (χ2v) is 6.20. The van der Waals surface area contributed by atoms with E-state index in [4.69, 9.17) is 16.3 Å². The number of aryl methyl sites for hydroxylation is 2. The first-order valence-electron chi connectivity index (χ1n) is 6.74. The monoisotopic (exact) mass is 321 g/mol. The molecule has 0 aliphatic rings. The number of aromatic nitrogens is 3. The van der Waals surface area contributed by atoms with E-state index in [0.717, 1.165) is 41.3 Å². The van der Waals surface area contributed by atoms with Gasteiger partial charge in [0.05, 0.1) is 34.7 Å². The Hall–Kier alpha value is -1.59. The molecule has 0 saturated carbocycles. The minimum absolute atomic E-state index is 0.140. The molecule has 0 aliphatic carbocycles. The second-order valence-electron chi connectivity index (χ2n) is 4.82. The van der Waals surface area contributed by atoms with Crippen molar-refractivity contribution in [2.24, 2.45) is 0 Å². The fraction of sp³-hybridized carbons (Fsp3) is 0.333. The summed E-state index contributed by atoms with van der Waals surface area (Å²) in [6, 6.07) is 5.93. The average Bonchev–Trinajstić information content (AvgIpc) is 3.11. The number of methoxy groups -OCH3 is 1. The van der Waals surface area contributed by atoms with E-state index in [-0.39, 0.29) is 5.38 Å². The summed E-state index contributed by atoms with van der Waals surface area (Å²) in [5.74, 6) is 1.69. The molecule has 0 amide bonds. The van der Waals surface area contributed by atoms with Crippen LogP contribution in [0.2, 0.25) is 0 Å². The van der Waals surface area contributed by atoms with Crippen LogP contribution in [0.5, 0.6) is 5.75 Å². The summed E-state index contributed by atoms with van der Waals surface area (Å²) < 4.78 is 7.43. The van der Waals surface area contributed by atoms with Gasteiger partial charge in [-0.05, 0) is 19.1 Å². The van der Waals surface area contributed by atoms with Gasteiger partial charge in [0.2, 0.25) is 0 Å². The lowest BCUT2D eigenvalue weighted by Gasteiger charge is -2.09. The lowest BCUT2D eigenvalue weighted by atomic mass is 10.3. The molecule has 0 saturated heterocycles. The first kappa shape index (κ1) is 14.4. The van der Waals surface area contributed by atoms with Gasteiger partial charge in [-0.2, -0.15) is 0 Å². The molecule has 0 aliphatic heterocycles. The van der Waals surface area contributed by atoms with E-state index in [1.807, 2.05) is 30.6 Å². The molecule has 0 spiro atoms. The van der Waals surface area contributed by atoms with Gasteiger partial charge in [0.1, 0.15) is 11.6 Å². The van der Waals surface area contributed by atoms with Crippen LogP contribution in [-0.4, -0.2) is 21.6 Å². The molecule has 6 heteroatoms. The van der Waals surface area contributed by atoms with Crippen LogP contribution in [0.4, 0.5) is 0 Å². The summed E-state index contributed by atoms with van der Waals surface area (Å²) >= 11 is 7.90. The summed E-state index contributed by atoms with van der Waals surface area (Å²) in [6.45, 7) is 2.76. The fourth-order valence-corrected chi connectivity index (χ4v) is 3.14. The van der Waals surface area contributed by atoms with Crippen molar-refractivity contribution in [2.75, 3.05) is 7.11 Å². The van der Waals surface area contributed by atoms with Crippen LogP contribution in [0.25, 0.3) is 11.0 Å². The lowest BCUT2D eigenvalue weighted by molar-refractivity contribution is 0.415. The molecule has 110 valence electrons. The van der Waals surface area contributed by atoms with Crippen LogP contribution >= 0.6 is 22.9 Å². The van der Waals surface area contributed by atoms with Gasteiger partial charge in [-0.15, -0.1) is 22.9 Å². The molecular formula is C15H16ClN3OS. The molecule has 4 nitrogen and oxygen atoms in total. The van der Waals surface area contributed by atoms with Gasteiger partial charge >= 0.3 is 0 Å². The number of nitrogens with zero attached hydrogens (tertiary/aromatic N) is 3. The maximum Gasteiger partial charge on any atom is 0.127 e. The molecule has 1 unspecified atom stereocenters. The second kappa shape index (κ2) is 6.03. The summed E-state index contributed by atoms with van der Waals surface area (Å²) in [5.41, 5.74) is 4.95. The molecule has 0 fully saturated rings. The number of alkyl halides is 1. The van der Waals surface area contributed by atoms with E-state index in [2.05, 4.69) is 19.9 Å². The van der Waals surface area contributed by atoms with Crippen molar-refractivity contribution in [3.8, 4) is 5.75 Å². The van der Waals surface area contributed by atoms with Gasteiger partial charge in [0.15, 0.2) is 0 Å². The Labute approximate surface area is 132 Å². The molecule has 2 aromatic heterocycles. The summed E-state index contributed by atoms with van der Waals surface area (Å²) in [5, 5.41) is 1.94. The van der Waals surface area contributed by atoms with E-state index in [9.17, 15) is 0 Å². The zero-order chi connectivity index (χ0) is 14.8. The quantitative estimate of drug-likeness (QED) is 0.666. The Morgan fingerprint density at radius 1 is 1.43 bits per heavy atom. The SMILES string of the molecule is COc1ccc2c(c1)nc(C(C)Cl)n2CCc1cscn1. The van der Waals surface area contributed by atoms with Gasteiger partial charge in [-0.25, -0.2) is 9.97 Å². The van der Waals surface area contributed by atoms with E-state index in [1.54, 1.807) is 18.4 Å². The Balaban J connectivity index is 1.99. The predicted octanol–water partition coefficient (Wildman–Crippen LogP) is 4.04. The van der Waals surface area contributed by atoms with Crippen molar-refractivity contribution in [3.63, 3.8) is 0 Å². The third kappa shape index (κ3) is 2.89. The number of imidazole rings is 1. The Bertz CT molecular complexity index is 737. The van der Waals surface area contributed by atoms with E-state index in [1.165, 1.54) is 0 Å². The maximum atomic E-state index is 6.29. The number of benzene rings is 1. The molecule has 0 bridgehead atoms.